The maximum absolute atomic E-state index is 13.0. The van der Waals surface area contributed by atoms with E-state index < -0.39 is 5.91 Å². The van der Waals surface area contributed by atoms with E-state index in [4.69, 9.17) is 5.26 Å². The number of pyridine rings is 1. The van der Waals surface area contributed by atoms with Crippen LogP contribution in [-0.2, 0) is 0 Å². The molecule has 0 saturated carbocycles. The van der Waals surface area contributed by atoms with Gasteiger partial charge in [-0.2, -0.15) is 15.2 Å². The van der Waals surface area contributed by atoms with E-state index in [-0.39, 0.29) is 22.9 Å². The van der Waals surface area contributed by atoms with E-state index in [1.807, 2.05) is 6.07 Å². The number of carbonyl (C=O) groups is 1. The third kappa shape index (κ3) is 2.83. The first kappa shape index (κ1) is 15.3. The van der Waals surface area contributed by atoms with Crippen LogP contribution in [0.3, 0.4) is 0 Å². The van der Waals surface area contributed by atoms with E-state index in [1.165, 1.54) is 53.4 Å². The van der Waals surface area contributed by atoms with Crippen LogP contribution in [-0.4, -0.2) is 32.9 Å². The van der Waals surface area contributed by atoms with Gasteiger partial charge in [-0.1, -0.05) is 0 Å². The predicted molar refractivity (Wildman–Crippen MR) is 83.0 cm³/mol. The Balaban J connectivity index is 1.88. The molecule has 0 aliphatic heterocycles. The second-order valence-electron chi connectivity index (χ2n) is 4.85. The summed E-state index contributed by atoms with van der Waals surface area (Å²) in [6, 6.07) is 10.7. The molecule has 0 atom stereocenters. The van der Waals surface area contributed by atoms with Crippen molar-refractivity contribution in [2.24, 2.45) is 0 Å². The van der Waals surface area contributed by atoms with Crippen molar-refractivity contribution in [3.05, 3.63) is 65.9 Å². The van der Waals surface area contributed by atoms with E-state index in [2.05, 4.69) is 15.2 Å². The SMILES string of the molecule is CN(C(=O)c1cnn(-c2ccc(F)cc2)n1)c1ncccc1C#N. The van der Waals surface area contributed by atoms with Gasteiger partial charge in [0.05, 0.1) is 17.4 Å². The van der Waals surface area contributed by atoms with Gasteiger partial charge < -0.3 is 0 Å². The quantitative estimate of drug-likeness (QED) is 0.735. The summed E-state index contributed by atoms with van der Waals surface area (Å²) in [5.41, 5.74) is 0.879. The van der Waals surface area contributed by atoms with Crippen molar-refractivity contribution in [1.29, 1.82) is 5.26 Å². The van der Waals surface area contributed by atoms with E-state index in [9.17, 15) is 9.18 Å². The Kier molecular flexibility index (Phi) is 3.99. The highest BCUT2D eigenvalue weighted by atomic mass is 19.1. The summed E-state index contributed by atoms with van der Waals surface area (Å²) in [5.74, 6) is -0.596. The highest BCUT2D eigenvalue weighted by molar-refractivity contribution is 6.04. The van der Waals surface area contributed by atoms with Crippen molar-refractivity contribution in [2.75, 3.05) is 11.9 Å². The van der Waals surface area contributed by atoms with Gasteiger partial charge in [-0.15, -0.1) is 5.10 Å². The van der Waals surface area contributed by atoms with Crippen LogP contribution in [0.4, 0.5) is 10.2 Å². The lowest BCUT2D eigenvalue weighted by atomic mass is 10.2. The van der Waals surface area contributed by atoms with Crippen LogP contribution in [0.2, 0.25) is 0 Å². The number of nitrogens with zero attached hydrogens (tertiary/aromatic N) is 6. The summed E-state index contributed by atoms with van der Waals surface area (Å²) in [7, 11) is 1.50. The van der Waals surface area contributed by atoms with Crippen molar-refractivity contribution in [1.82, 2.24) is 20.0 Å². The molecule has 0 radical (unpaired) electrons. The average Bonchev–Trinajstić information content (AvgIpc) is 3.11. The maximum atomic E-state index is 13.0. The lowest BCUT2D eigenvalue weighted by Crippen LogP contribution is -2.28. The summed E-state index contributed by atoms with van der Waals surface area (Å²) < 4.78 is 13.0. The second kappa shape index (κ2) is 6.26. The molecule has 0 N–H and O–H groups in total. The van der Waals surface area contributed by atoms with Crippen molar-refractivity contribution in [3.8, 4) is 11.8 Å². The minimum absolute atomic E-state index is 0.0800. The van der Waals surface area contributed by atoms with Crippen molar-refractivity contribution >= 4 is 11.7 Å². The summed E-state index contributed by atoms with van der Waals surface area (Å²) >= 11 is 0. The molecule has 3 rings (SSSR count). The zero-order valence-electron chi connectivity index (χ0n) is 12.6. The van der Waals surface area contributed by atoms with Gasteiger partial charge >= 0.3 is 0 Å². The molecule has 0 fully saturated rings. The smallest absolute Gasteiger partial charge is 0.281 e. The molecule has 0 saturated heterocycles. The van der Waals surface area contributed by atoms with Gasteiger partial charge in [0.25, 0.3) is 5.91 Å². The third-order valence-electron chi connectivity index (χ3n) is 3.30. The molecule has 118 valence electrons. The fraction of sp³-hybridized carbons (Fsp3) is 0.0625. The van der Waals surface area contributed by atoms with Gasteiger partial charge in [0.1, 0.15) is 11.9 Å². The first-order valence-corrected chi connectivity index (χ1v) is 6.91. The van der Waals surface area contributed by atoms with Crippen molar-refractivity contribution in [3.63, 3.8) is 0 Å². The number of hydrogen-bond donors (Lipinski definition) is 0. The molecule has 2 heterocycles. The molecular formula is C16H11FN6O. The van der Waals surface area contributed by atoms with Crippen LogP contribution in [0.5, 0.6) is 0 Å². The summed E-state index contributed by atoms with van der Waals surface area (Å²) in [5, 5.41) is 17.2. The third-order valence-corrected chi connectivity index (χ3v) is 3.30. The fourth-order valence-corrected chi connectivity index (χ4v) is 2.08. The van der Waals surface area contributed by atoms with Crippen LogP contribution in [0.1, 0.15) is 16.1 Å². The van der Waals surface area contributed by atoms with Gasteiger partial charge in [0, 0.05) is 13.2 Å². The molecule has 1 aromatic carbocycles. The lowest BCUT2D eigenvalue weighted by molar-refractivity contribution is 0.0987. The van der Waals surface area contributed by atoms with Crippen molar-refractivity contribution in [2.45, 2.75) is 0 Å². The van der Waals surface area contributed by atoms with Crippen LogP contribution in [0.15, 0.2) is 48.8 Å². The Hall–Kier alpha value is -3.60. The average molecular weight is 322 g/mol. The van der Waals surface area contributed by atoms with Gasteiger partial charge in [-0.05, 0) is 36.4 Å². The molecule has 0 aliphatic rings. The number of amides is 1. The maximum Gasteiger partial charge on any atom is 0.281 e. The molecule has 2 aromatic heterocycles. The van der Waals surface area contributed by atoms with Gasteiger partial charge in [-0.3, -0.25) is 9.69 Å². The van der Waals surface area contributed by atoms with Crippen molar-refractivity contribution < 1.29 is 9.18 Å². The molecule has 24 heavy (non-hydrogen) atoms. The monoisotopic (exact) mass is 322 g/mol. The standard InChI is InChI=1S/C16H11FN6O/c1-22(15-11(9-18)3-2-8-19-15)16(24)14-10-20-23(21-14)13-6-4-12(17)5-7-13/h2-8,10H,1H3. The largest absolute Gasteiger partial charge is 0.293 e. The molecule has 1 amide bonds. The van der Waals surface area contributed by atoms with Crippen LogP contribution in [0.25, 0.3) is 5.69 Å². The number of nitriles is 1. The zero-order valence-corrected chi connectivity index (χ0v) is 12.6. The highest BCUT2D eigenvalue weighted by Crippen LogP contribution is 2.16. The van der Waals surface area contributed by atoms with Gasteiger partial charge in [0.15, 0.2) is 11.5 Å². The number of halogens is 1. The molecule has 3 aromatic rings. The summed E-state index contributed by atoms with van der Waals surface area (Å²) in [6.07, 6.45) is 2.80. The predicted octanol–water partition coefficient (Wildman–Crippen LogP) is 1.95. The summed E-state index contributed by atoms with van der Waals surface area (Å²) in [4.78, 5) is 19.0. The number of benzene rings is 1. The minimum Gasteiger partial charge on any atom is -0.293 e. The minimum atomic E-state index is -0.460. The Morgan fingerprint density at radius 1 is 1.29 bits per heavy atom. The Labute approximate surface area is 136 Å². The van der Waals surface area contributed by atoms with E-state index in [0.29, 0.717) is 5.69 Å². The fourth-order valence-electron chi connectivity index (χ4n) is 2.08. The lowest BCUT2D eigenvalue weighted by Gasteiger charge is -2.15. The Morgan fingerprint density at radius 2 is 2.04 bits per heavy atom. The first-order chi connectivity index (χ1) is 11.6. The highest BCUT2D eigenvalue weighted by Gasteiger charge is 2.20. The molecule has 8 heteroatoms. The van der Waals surface area contributed by atoms with Crippen LogP contribution in [0, 0.1) is 17.1 Å². The number of aromatic nitrogens is 4. The van der Waals surface area contributed by atoms with Gasteiger partial charge in [-0.25, -0.2) is 9.37 Å². The number of hydrogen-bond acceptors (Lipinski definition) is 5. The van der Waals surface area contributed by atoms with Gasteiger partial charge in [0.2, 0.25) is 0 Å². The number of carbonyl (C=O) groups excluding carboxylic acids is 1. The molecule has 0 aliphatic carbocycles. The molecule has 0 bridgehead atoms. The van der Waals surface area contributed by atoms with Crippen LogP contribution < -0.4 is 4.90 Å². The van der Waals surface area contributed by atoms with Crippen LogP contribution >= 0.6 is 0 Å². The second-order valence-corrected chi connectivity index (χ2v) is 4.85. The normalized spacial score (nSPS) is 10.2. The molecular weight excluding hydrogens is 311 g/mol. The zero-order chi connectivity index (χ0) is 17.1. The number of rotatable bonds is 3. The Morgan fingerprint density at radius 3 is 2.75 bits per heavy atom. The topological polar surface area (TPSA) is 87.7 Å². The summed E-state index contributed by atoms with van der Waals surface area (Å²) in [6.45, 7) is 0. The molecule has 0 spiro atoms. The first-order valence-electron chi connectivity index (χ1n) is 6.91. The van der Waals surface area contributed by atoms with E-state index >= 15 is 0 Å². The molecule has 0 unspecified atom stereocenters. The van der Waals surface area contributed by atoms with E-state index in [0.717, 1.165) is 0 Å². The Bertz CT molecular complexity index is 928. The number of anilines is 1. The van der Waals surface area contributed by atoms with E-state index in [1.54, 1.807) is 12.1 Å². The molecule has 7 nitrogen and oxygen atoms in total.